The summed E-state index contributed by atoms with van der Waals surface area (Å²) in [7, 11) is 1.55. The maximum absolute atomic E-state index is 11.9. The van der Waals surface area contributed by atoms with Crippen LogP contribution in [0, 0.1) is 0 Å². The van der Waals surface area contributed by atoms with Gasteiger partial charge in [0.1, 0.15) is 5.75 Å². The molecule has 1 aromatic carbocycles. The van der Waals surface area contributed by atoms with Crippen LogP contribution in [0.25, 0.3) is 0 Å². The van der Waals surface area contributed by atoms with E-state index in [1.165, 1.54) is 11.3 Å². The van der Waals surface area contributed by atoms with Crippen molar-refractivity contribution in [2.45, 2.75) is 0 Å². The van der Waals surface area contributed by atoms with Crippen LogP contribution in [0.4, 0.5) is 11.4 Å². The van der Waals surface area contributed by atoms with E-state index in [0.717, 1.165) is 3.79 Å². The molecule has 0 radical (unpaired) electrons. The van der Waals surface area contributed by atoms with Gasteiger partial charge in [0.2, 0.25) is 0 Å². The summed E-state index contributed by atoms with van der Waals surface area (Å²) >= 11 is 4.69. The number of hydrogen-bond donors (Lipinski definition) is 2. The quantitative estimate of drug-likeness (QED) is 0.850. The number of benzene rings is 1. The zero-order valence-corrected chi connectivity index (χ0v) is 12.0. The maximum atomic E-state index is 11.9. The number of amides is 1. The van der Waals surface area contributed by atoms with Crippen molar-refractivity contribution in [3.63, 3.8) is 0 Å². The Hall–Kier alpha value is -1.53. The molecule has 94 valence electrons. The first-order valence-electron chi connectivity index (χ1n) is 5.10. The minimum Gasteiger partial charge on any atom is -0.495 e. The second-order valence-corrected chi connectivity index (χ2v) is 5.98. The van der Waals surface area contributed by atoms with Crippen molar-refractivity contribution in [2.24, 2.45) is 0 Å². The monoisotopic (exact) mass is 326 g/mol. The first kappa shape index (κ1) is 12.9. The fraction of sp³-hybridized carbons (Fsp3) is 0.0833. The number of carbonyl (C=O) groups excluding carboxylic acids is 1. The number of ether oxygens (including phenoxy) is 1. The second-order valence-electron chi connectivity index (χ2n) is 3.51. The van der Waals surface area contributed by atoms with Gasteiger partial charge < -0.3 is 15.8 Å². The van der Waals surface area contributed by atoms with Crippen molar-refractivity contribution in [2.75, 3.05) is 18.2 Å². The Morgan fingerprint density at radius 1 is 1.39 bits per heavy atom. The molecule has 0 aliphatic carbocycles. The van der Waals surface area contributed by atoms with Gasteiger partial charge in [-0.1, -0.05) is 0 Å². The van der Waals surface area contributed by atoms with Crippen LogP contribution in [0.15, 0.2) is 34.1 Å². The van der Waals surface area contributed by atoms with E-state index in [0.29, 0.717) is 22.0 Å². The third kappa shape index (κ3) is 2.83. The van der Waals surface area contributed by atoms with Crippen LogP contribution in [-0.4, -0.2) is 13.0 Å². The second kappa shape index (κ2) is 5.41. The van der Waals surface area contributed by atoms with Crippen LogP contribution in [0.3, 0.4) is 0 Å². The minimum absolute atomic E-state index is 0.157. The third-order valence-electron chi connectivity index (χ3n) is 2.28. The van der Waals surface area contributed by atoms with Gasteiger partial charge in [-0.05, 0) is 46.3 Å². The Kier molecular flexibility index (Phi) is 3.88. The van der Waals surface area contributed by atoms with Crippen LogP contribution >= 0.6 is 27.3 Å². The predicted molar refractivity (Wildman–Crippen MR) is 77.4 cm³/mol. The molecule has 6 heteroatoms. The topological polar surface area (TPSA) is 64.3 Å². The van der Waals surface area contributed by atoms with Crippen molar-refractivity contribution < 1.29 is 9.53 Å². The number of hydrogen-bond acceptors (Lipinski definition) is 4. The van der Waals surface area contributed by atoms with Gasteiger partial charge in [0.05, 0.1) is 21.5 Å². The Labute approximate surface area is 117 Å². The molecule has 0 spiro atoms. The summed E-state index contributed by atoms with van der Waals surface area (Å²) in [4.78, 5) is 12.5. The summed E-state index contributed by atoms with van der Waals surface area (Å²) in [5.41, 5.74) is 6.90. The fourth-order valence-corrected chi connectivity index (χ4v) is 2.72. The molecule has 0 aliphatic heterocycles. The number of nitrogens with one attached hydrogen (secondary N) is 1. The number of anilines is 2. The van der Waals surface area contributed by atoms with Crippen LogP contribution in [0.1, 0.15) is 9.67 Å². The summed E-state index contributed by atoms with van der Waals surface area (Å²) in [5.74, 6) is 0.433. The number of methoxy groups -OCH3 is 1. The molecule has 4 nitrogen and oxygen atoms in total. The van der Waals surface area contributed by atoms with Crippen molar-refractivity contribution in [1.29, 1.82) is 0 Å². The fourth-order valence-electron chi connectivity index (χ4n) is 1.44. The average molecular weight is 327 g/mol. The Morgan fingerprint density at radius 3 is 2.72 bits per heavy atom. The van der Waals surface area contributed by atoms with Crippen molar-refractivity contribution in [3.05, 3.63) is 39.0 Å². The molecule has 0 bridgehead atoms. The number of nitrogens with two attached hydrogens (primary N) is 1. The maximum Gasteiger partial charge on any atom is 0.265 e. The first-order chi connectivity index (χ1) is 8.60. The van der Waals surface area contributed by atoms with Crippen molar-refractivity contribution in [3.8, 4) is 5.75 Å². The Balaban J connectivity index is 2.14. The molecule has 1 heterocycles. The van der Waals surface area contributed by atoms with Crippen LogP contribution in [-0.2, 0) is 0 Å². The van der Waals surface area contributed by atoms with Gasteiger partial charge in [0, 0.05) is 5.69 Å². The number of thiophene rings is 1. The normalized spacial score (nSPS) is 10.1. The van der Waals surface area contributed by atoms with E-state index in [4.69, 9.17) is 10.5 Å². The molecule has 0 unspecified atom stereocenters. The van der Waals surface area contributed by atoms with Gasteiger partial charge in [-0.15, -0.1) is 11.3 Å². The molecule has 0 aliphatic rings. The highest BCUT2D eigenvalue weighted by Crippen LogP contribution is 2.26. The summed E-state index contributed by atoms with van der Waals surface area (Å²) in [6, 6.07) is 8.73. The number of halogens is 1. The largest absolute Gasteiger partial charge is 0.495 e. The molecule has 2 aromatic rings. The lowest BCUT2D eigenvalue weighted by molar-refractivity contribution is 0.103. The molecule has 0 atom stereocenters. The number of rotatable bonds is 3. The molecule has 1 aromatic heterocycles. The van der Waals surface area contributed by atoms with Crippen molar-refractivity contribution in [1.82, 2.24) is 0 Å². The van der Waals surface area contributed by atoms with Crippen molar-refractivity contribution >= 4 is 44.5 Å². The zero-order chi connectivity index (χ0) is 13.1. The summed E-state index contributed by atoms with van der Waals surface area (Å²) in [6.45, 7) is 0. The highest BCUT2D eigenvalue weighted by Gasteiger charge is 2.09. The zero-order valence-electron chi connectivity index (χ0n) is 9.57. The van der Waals surface area contributed by atoms with E-state index in [2.05, 4.69) is 21.2 Å². The Morgan fingerprint density at radius 2 is 2.17 bits per heavy atom. The lowest BCUT2D eigenvalue weighted by Crippen LogP contribution is -2.10. The van der Waals surface area contributed by atoms with Gasteiger partial charge in [0.15, 0.2) is 0 Å². The highest BCUT2D eigenvalue weighted by atomic mass is 79.9. The van der Waals surface area contributed by atoms with Gasteiger partial charge >= 0.3 is 0 Å². The van der Waals surface area contributed by atoms with E-state index in [1.807, 2.05) is 6.07 Å². The summed E-state index contributed by atoms with van der Waals surface area (Å²) in [6.07, 6.45) is 0. The molecule has 0 saturated carbocycles. The van der Waals surface area contributed by atoms with E-state index >= 15 is 0 Å². The molecule has 1 amide bonds. The van der Waals surface area contributed by atoms with Gasteiger partial charge in [0.25, 0.3) is 5.91 Å². The highest BCUT2D eigenvalue weighted by molar-refractivity contribution is 9.11. The molecular formula is C12H11BrN2O2S. The number of carbonyl (C=O) groups is 1. The lowest BCUT2D eigenvalue weighted by Gasteiger charge is -2.07. The molecule has 18 heavy (non-hydrogen) atoms. The van der Waals surface area contributed by atoms with E-state index < -0.39 is 0 Å². The molecule has 2 rings (SSSR count). The van der Waals surface area contributed by atoms with Gasteiger partial charge in [-0.25, -0.2) is 0 Å². The van der Waals surface area contributed by atoms with Crippen LogP contribution < -0.4 is 15.8 Å². The van der Waals surface area contributed by atoms with Gasteiger partial charge in [-0.2, -0.15) is 0 Å². The molecule has 0 fully saturated rings. The first-order valence-corrected chi connectivity index (χ1v) is 6.71. The average Bonchev–Trinajstić information content (AvgIpc) is 2.76. The van der Waals surface area contributed by atoms with E-state index in [-0.39, 0.29) is 5.91 Å². The van der Waals surface area contributed by atoms with E-state index in [1.54, 1.807) is 31.4 Å². The molecular weight excluding hydrogens is 316 g/mol. The molecule has 3 N–H and O–H groups in total. The third-order valence-corrected chi connectivity index (χ3v) is 3.91. The SMILES string of the molecule is COc1ccc(NC(=O)c2ccc(Br)s2)cc1N. The standard InChI is InChI=1S/C12H11BrN2O2S/c1-17-9-3-2-7(6-8(9)14)15-12(16)10-4-5-11(13)18-10/h2-6H,14H2,1H3,(H,15,16). The summed E-state index contributed by atoms with van der Waals surface area (Å²) in [5, 5.41) is 2.78. The van der Waals surface area contributed by atoms with E-state index in [9.17, 15) is 4.79 Å². The summed E-state index contributed by atoms with van der Waals surface area (Å²) < 4.78 is 5.97. The lowest BCUT2D eigenvalue weighted by atomic mass is 10.2. The van der Waals surface area contributed by atoms with Crippen LogP contribution in [0.2, 0.25) is 0 Å². The predicted octanol–water partition coefficient (Wildman–Crippen LogP) is 3.35. The number of nitrogen functional groups attached to an aromatic ring is 1. The van der Waals surface area contributed by atoms with Gasteiger partial charge in [-0.3, -0.25) is 4.79 Å². The molecule has 0 saturated heterocycles. The van der Waals surface area contributed by atoms with Crippen LogP contribution in [0.5, 0.6) is 5.75 Å². The smallest absolute Gasteiger partial charge is 0.265 e. The minimum atomic E-state index is -0.157. The Bertz CT molecular complexity index is 583.